The number of benzene rings is 2. The third kappa shape index (κ3) is 8.96. The fraction of sp³-hybridized carbons (Fsp3) is 0.439. The molecule has 5 heterocycles. The maximum atomic E-state index is 16.3. The summed E-state index contributed by atoms with van der Waals surface area (Å²) in [4.78, 5) is 61.5. The molecular formula is C41H45F2N4O7PS2. The number of hydrogen-bond acceptors (Lipinski definition) is 10. The highest BCUT2D eigenvalue weighted by atomic mass is 32.2. The zero-order valence-electron chi connectivity index (χ0n) is 31.5. The summed E-state index contributed by atoms with van der Waals surface area (Å²) in [5.41, 5.74) is -3.66. The first-order chi connectivity index (χ1) is 27.5. The first-order valence-electron chi connectivity index (χ1n) is 19.4. The largest absolute Gasteiger partial charge is 0.453 e. The van der Waals surface area contributed by atoms with Gasteiger partial charge in [0.2, 0.25) is 11.8 Å². The highest BCUT2D eigenvalue weighted by molar-refractivity contribution is 8.13. The minimum atomic E-state index is -5.22. The van der Waals surface area contributed by atoms with E-state index < -0.39 is 43.4 Å². The SMILES string of the molecule is CCCC(=O)SCCOP(=O)(Oc1ccccc1)C(F)(F)c1ccc2sc(C(=O)N[C@H]3CCCC[C@H]4CC[C@@H](C(=O)N5CC(c6cccnc6)C5)N4C3=O)cc2c1. The molecule has 3 saturated heterocycles. The van der Waals surface area contributed by atoms with E-state index in [0.717, 1.165) is 66.5 Å². The molecule has 4 aromatic rings. The van der Waals surface area contributed by atoms with Gasteiger partial charge in [-0.25, -0.2) is 4.57 Å². The van der Waals surface area contributed by atoms with Crippen LogP contribution in [0.25, 0.3) is 10.1 Å². The Balaban J connectivity index is 1.05. The van der Waals surface area contributed by atoms with Crippen LogP contribution in [0.1, 0.15) is 85.0 Å². The van der Waals surface area contributed by atoms with Gasteiger partial charge in [0.05, 0.1) is 11.5 Å². The summed E-state index contributed by atoms with van der Waals surface area (Å²) in [6.45, 7) is 2.58. The number of nitrogens with one attached hydrogen (secondary N) is 1. The predicted molar refractivity (Wildman–Crippen MR) is 216 cm³/mol. The highest BCUT2D eigenvalue weighted by Crippen LogP contribution is 2.66. The number of pyridine rings is 1. The number of para-hydroxylation sites is 1. The van der Waals surface area contributed by atoms with Gasteiger partial charge in [-0.1, -0.05) is 61.9 Å². The van der Waals surface area contributed by atoms with Crippen molar-refractivity contribution in [3.05, 3.63) is 95.1 Å². The number of carbonyl (C=O) groups is 4. The molecule has 7 rings (SSSR count). The van der Waals surface area contributed by atoms with Gasteiger partial charge in [-0.3, -0.25) is 28.7 Å². The molecule has 0 bridgehead atoms. The van der Waals surface area contributed by atoms with Gasteiger partial charge in [-0.15, -0.1) is 11.3 Å². The van der Waals surface area contributed by atoms with E-state index >= 15 is 8.78 Å². The summed E-state index contributed by atoms with van der Waals surface area (Å²) in [5, 5.41) is 3.09. The molecule has 3 aliphatic heterocycles. The van der Waals surface area contributed by atoms with Crippen LogP contribution in [0, 0.1) is 0 Å². The lowest BCUT2D eigenvalue weighted by molar-refractivity contribution is -0.149. The number of hydrogen-bond donors (Lipinski definition) is 1. The molecular weight excluding hydrogens is 794 g/mol. The van der Waals surface area contributed by atoms with Crippen molar-refractivity contribution in [1.82, 2.24) is 20.1 Å². The number of alkyl halides is 2. The van der Waals surface area contributed by atoms with Gasteiger partial charge in [-0.05, 0) is 79.5 Å². The van der Waals surface area contributed by atoms with E-state index in [0.29, 0.717) is 48.9 Å². The molecule has 0 spiro atoms. The second-order valence-corrected chi connectivity index (χ2v) is 18.9. The van der Waals surface area contributed by atoms with Crippen molar-refractivity contribution in [3.8, 4) is 5.75 Å². The molecule has 0 radical (unpaired) electrons. The number of carbonyl (C=O) groups excluding carboxylic acids is 4. The first-order valence-corrected chi connectivity index (χ1v) is 22.7. The highest BCUT2D eigenvalue weighted by Gasteiger charge is 2.56. The summed E-state index contributed by atoms with van der Waals surface area (Å²) in [5.74, 6) is -0.723. The molecule has 2 aromatic carbocycles. The van der Waals surface area contributed by atoms with Crippen LogP contribution in [0.2, 0.25) is 0 Å². The van der Waals surface area contributed by atoms with Gasteiger partial charge in [0.15, 0.2) is 5.12 Å². The van der Waals surface area contributed by atoms with E-state index in [9.17, 15) is 23.7 Å². The maximum absolute atomic E-state index is 16.3. The first kappa shape index (κ1) is 41.0. The lowest BCUT2D eigenvalue weighted by Crippen LogP contribution is -2.59. The average Bonchev–Trinajstić information content (AvgIpc) is 3.81. The molecule has 3 fully saturated rings. The van der Waals surface area contributed by atoms with Crippen LogP contribution >= 0.6 is 30.7 Å². The summed E-state index contributed by atoms with van der Waals surface area (Å²) < 4.78 is 58.0. The predicted octanol–water partition coefficient (Wildman–Crippen LogP) is 8.35. The number of amides is 3. The van der Waals surface area contributed by atoms with E-state index in [1.165, 1.54) is 24.3 Å². The number of halogens is 2. The van der Waals surface area contributed by atoms with Crippen molar-refractivity contribution in [2.75, 3.05) is 25.4 Å². The molecule has 1 unspecified atom stereocenters. The molecule has 3 aliphatic rings. The van der Waals surface area contributed by atoms with Gasteiger partial charge < -0.3 is 19.6 Å². The third-order valence-electron chi connectivity index (χ3n) is 10.7. The van der Waals surface area contributed by atoms with Crippen LogP contribution in [0.3, 0.4) is 0 Å². The fourth-order valence-electron chi connectivity index (χ4n) is 7.71. The number of fused-ring (bicyclic) bond motifs is 2. The Morgan fingerprint density at radius 3 is 2.56 bits per heavy atom. The Morgan fingerprint density at radius 2 is 1.81 bits per heavy atom. The molecule has 302 valence electrons. The van der Waals surface area contributed by atoms with Gasteiger partial charge >= 0.3 is 13.3 Å². The third-order valence-corrected chi connectivity index (χ3v) is 14.7. The van der Waals surface area contributed by atoms with Crippen LogP contribution < -0.4 is 9.84 Å². The zero-order chi connectivity index (χ0) is 40.2. The Bertz CT molecular complexity index is 2140. The zero-order valence-corrected chi connectivity index (χ0v) is 34.0. The van der Waals surface area contributed by atoms with E-state index in [4.69, 9.17) is 9.05 Å². The van der Waals surface area contributed by atoms with Crippen molar-refractivity contribution < 1.29 is 41.6 Å². The van der Waals surface area contributed by atoms with E-state index in [-0.39, 0.29) is 45.3 Å². The standard InChI is InChI=1S/C41H45F2N4O7PS2/c1-2-9-37(48)56-21-20-53-55(52,54-32-12-4-3-5-13-32)41(42,43)30-15-18-35-28(22-30)23-36(57-35)38(49)45-33-14-7-6-11-31-16-17-34(47(31)39(33)50)40(51)46-25-29(26-46)27-10-8-19-44-24-27/h3-5,8,10,12-13,15,18-19,22-24,29,31,33-34H,2,6-7,9,11,14,16-17,20-21,25-26H2,1H3,(H,45,49)/t31-,33-,34-,55?/m0/s1. The Labute approximate surface area is 338 Å². The Morgan fingerprint density at radius 1 is 1.02 bits per heavy atom. The molecule has 16 heteroatoms. The summed E-state index contributed by atoms with van der Waals surface area (Å²) in [6.07, 6.45) is 8.57. The quantitative estimate of drug-likeness (QED) is 0.0982. The average molecular weight is 839 g/mol. The van der Waals surface area contributed by atoms with E-state index in [1.54, 1.807) is 34.2 Å². The van der Waals surface area contributed by atoms with E-state index in [2.05, 4.69) is 10.3 Å². The van der Waals surface area contributed by atoms with Crippen LogP contribution in [0.5, 0.6) is 5.75 Å². The minimum absolute atomic E-state index is 0.0175. The molecule has 0 aliphatic carbocycles. The lowest BCUT2D eigenvalue weighted by atomic mass is 9.92. The summed E-state index contributed by atoms with van der Waals surface area (Å²) >= 11 is 2.00. The second-order valence-electron chi connectivity index (χ2n) is 14.6. The molecule has 4 atom stereocenters. The number of likely N-dealkylation sites (tertiary alicyclic amines) is 1. The maximum Gasteiger partial charge on any atom is 0.453 e. The van der Waals surface area contributed by atoms with Crippen molar-refractivity contribution in [2.24, 2.45) is 0 Å². The smallest absolute Gasteiger partial charge is 0.420 e. The minimum Gasteiger partial charge on any atom is -0.420 e. The van der Waals surface area contributed by atoms with Gasteiger partial charge in [-0.2, -0.15) is 8.78 Å². The monoisotopic (exact) mass is 838 g/mol. The molecule has 2 aromatic heterocycles. The van der Waals surface area contributed by atoms with Crippen LogP contribution in [0.4, 0.5) is 8.78 Å². The van der Waals surface area contributed by atoms with E-state index in [1.807, 2.05) is 25.3 Å². The van der Waals surface area contributed by atoms with Crippen LogP contribution in [0.15, 0.2) is 79.1 Å². The van der Waals surface area contributed by atoms with Crippen LogP contribution in [-0.4, -0.2) is 81.2 Å². The summed E-state index contributed by atoms with van der Waals surface area (Å²) in [7, 11) is -5.22. The normalized spacial score (nSPS) is 21.2. The number of aromatic nitrogens is 1. The van der Waals surface area contributed by atoms with Crippen molar-refractivity contribution in [1.29, 1.82) is 0 Å². The topological polar surface area (TPSA) is 135 Å². The number of thioether (sulfide) groups is 1. The number of thiophene rings is 1. The molecule has 1 N–H and O–H groups in total. The van der Waals surface area contributed by atoms with Gasteiger partial charge in [0.25, 0.3) is 5.91 Å². The van der Waals surface area contributed by atoms with Crippen molar-refractivity contribution in [2.45, 2.75) is 88.0 Å². The Kier molecular flexibility index (Phi) is 12.8. The molecule has 0 saturated carbocycles. The molecule has 11 nitrogen and oxygen atoms in total. The second kappa shape index (κ2) is 17.8. The molecule has 3 amide bonds. The lowest BCUT2D eigenvalue weighted by Gasteiger charge is -2.43. The Hall–Kier alpha value is -4.17. The molecule has 57 heavy (non-hydrogen) atoms. The van der Waals surface area contributed by atoms with Crippen LogP contribution in [-0.2, 0) is 29.1 Å². The van der Waals surface area contributed by atoms with Crippen molar-refractivity contribution in [3.63, 3.8) is 0 Å². The van der Waals surface area contributed by atoms with Gasteiger partial charge in [0, 0.05) is 59.9 Å². The number of rotatable bonds is 14. The fourth-order valence-corrected chi connectivity index (χ4v) is 11.0. The van der Waals surface area contributed by atoms with Gasteiger partial charge in [0.1, 0.15) is 17.8 Å². The van der Waals surface area contributed by atoms with Crippen molar-refractivity contribution >= 4 is 63.6 Å². The number of nitrogens with zero attached hydrogens (tertiary/aromatic N) is 3. The summed E-state index contributed by atoms with van der Waals surface area (Å²) in [6, 6.07) is 15.1.